The lowest BCUT2D eigenvalue weighted by molar-refractivity contribution is 0.0940. The first-order valence-electron chi connectivity index (χ1n) is 5.95. The molecule has 1 aromatic carbocycles. The van der Waals surface area contributed by atoms with Crippen molar-refractivity contribution in [3.05, 3.63) is 35.7 Å². The van der Waals surface area contributed by atoms with Gasteiger partial charge in [-0.1, -0.05) is 12.1 Å². The molecule has 4 heteroatoms. The van der Waals surface area contributed by atoms with Crippen LogP contribution in [0.15, 0.2) is 24.3 Å². The fraction of sp³-hybridized carbons (Fsp3) is 0.286. The lowest BCUT2D eigenvalue weighted by atomic mass is 10.1. The first kappa shape index (κ1) is 12.4. The number of carbonyl (C=O) groups excluding carboxylic acids is 1. The number of carbonyl (C=O) groups is 1. The van der Waals surface area contributed by atoms with E-state index in [-0.39, 0.29) is 11.9 Å². The summed E-state index contributed by atoms with van der Waals surface area (Å²) in [6.07, 6.45) is 0. The molecule has 0 saturated carbocycles. The van der Waals surface area contributed by atoms with Crippen molar-refractivity contribution in [1.82, 2.24) is 10.3 Å². The zero-order valence-corrected chi connectivity index (χ0v) is 10.8. The summed E-state index contributed by atoms with van der Waals surface area (Å²) in [7, 11) is 0. The molecule has 0 aliphatic carbocycles. The Kier molecular flexibility index (Phi) is 3.19. The Morgan fingerprint density at radius 3 is 2.72 bits per heavy atom. The Morgan fingerprint density at radius 1 is 1.33 bits per heavy atom. The second-order valence-corrected chi connectivity index (χ2v) is 4.68. The predicted molar refractivity (Wildman–Crippen MR) is 73.5 cm³/mol. The van der Waals surface area contributed by atoms with E-state index in [0.717, 1.165) is 16.5 Å². The topological polar surface area (TPSA) is 68.0 Å². The fourth-order valence-electron chi connectivity index (χ4n) is 1.93. The molecule has 0 bridgehead atoms. The van der Waals surface area contributed by atoms with Crippen LogP contribution in [0, 0.1) is 6.92 Å². The van der Waals surface area contributed by atoms with Gasteiger partial charge in [-0.2, -0.15) is 0 Å². The molecular weight excluding hydrogens is 226 g/mol. The predicted octanol–water partition coefficient (Wildman–Crippen LogP) is 2.26. The van der Waals surface area contributed by atoms with E-state index in [2.05, 4.69) is 10.3 Å². The number of hydrogen-bond acceptors (Lipinski definition) is 3. The van der Waals surface area contributed by atoms with Crippen LogP contribution in [0.2, 0.25) is 0 Å². The molecule has 4 nitrogen and oxygen atoms in total. The molecule has 2 rings (SSSR count). The largest absolute Gasteiger partial charge is 0.398 e. The number of nitrogens with two attached hydrogens (primary N) is 1. The number of fused-ring (bicyclic) bond motifs is 1. The molecule has 1 heterocycles. The summed E-state index contributed by atoms with van der Waals surface area (Å²) in [6.45, 7) is 5.70. The SMILES string of the molecule is Cc1cc2c(N)cccc2c(C(=O)NC(C)C)n1. The number of anilines is 1. The Labute approximate surface area is 106 Å². The Morgan fingerprint density at radius 2 is 2.06 bits per heavy atom. The molecule has 0 unspecified atom stereocenters. The molecule has 3 N–H and O–H groups in total. The van der Waals surface area contributed by atoms with Gasteiger partial charge in [0.15, 0.2) is 0 Å². The van der Waals surface area contributed by atoms with Gasteiger partial charge in [0.1, 0.15) is 5.69 Å². The highest BCUT2D eigenvalue weighted by atomic mass is 16.1. The lowest BCUT2D eigenvalue weighted by Crippen LogP contribution is -2.31. The van der Waals surface area contributed by atoms with Gasteiger partial charge >= 0.3 is 0 Å². The van der Waals surface area contributed by atoms with Crippen molar-refractivity contribution in [2.24, 2.45) is 0 Å². The van der Waals surface area contributed by atoms with Gasteiger partial charge in [0.25, 0.3) is 5.91 Å². The van der Waals surface area contributed by atoms with Gasteiger partial charge in [0.05, 0.1) is 0 Å². The second-order valence-electron chi connectivity index (χ2n) is 4.68. The van der Waals surface area contributed by atoms with Gasteiger partial charge < -0.3 is 11.1 Å². The maximum atomic E-state index is 12.1. The van der Waals surface area contributed by atoms with Crippen LogP contribution in [0.25, 0.3) is 10.8 Å². The molecule has 0 aliphatic rings. The zero-order chi connectivity index (χ0) is 13.3. The summed E-state index contributed by atoms with van der Waals surface area (Å²) in [5.74, 6) is -0.163. The molecule has 0 saturated heterocycles. The first-order chi connectivity index (χ1) is 8.49. The number of nitrogen functional groups attached to an aromatic ring is 1. The highest BCUT2D eigenvalue weighted by Gasteiger charge is 2.14. The number of hydrogen-bond donors (Lipinski definition) is 2. The van der Waals surface area contributed by atoms with Gasteiger partial charge in [0.2, 0.25) is 0 Å². The summed E-state index contributed by atoms with van der Waals surface area (Å²) in [5, 5.41) is 4.52. The summed E-state index contributed by atoms with van der Waals surface area (Å²) in [6, 6.07) is 7.51. The van der Waals surface area contributed by atoms with Crippen molar-refractivity contribution in [1.29, 1.82) is 0 Å². The van der Waals surface area contributed by atoms with Crippen LogP contribution < -0.4 is 11.1 Å². The van der Waals surface area contributed by atoms with E-state index in [1.54, 1.807) is 0 Å². The molecule has 0 atom stereocenters. The molecule has 0 aliphatic heterocycles. The third-order valence-electron chi connectivity index (χ3n) is 2.67. The average molecular weight is 243 g/mol. The number of pyridine rings is 1. The molecule has 94 valence electrons. The first-order valence-corrected chi connectivity index (χ1v) is 5.95. The lowest BCUT2D eigenvalue weighted by Gasteiger charge is -2.11. The smallest absolute Gasteiger partial charge is 0.270 e. The number of benzene rings is 1. The minimum absolute atomic E-state index is 0.0796. The Bertz CT molecular complexity index is 605. The molecule has 1 aromatic heterocycles. The van der Waals surface area contributed by atoms with Crippen molar-refractivity contribution in [2.75, 3.05) is 5.73 Å². The third kappa shape index (κ3) is 2.27. The highest BCUT2D eigenvalue weighted by Crippen LogP contribution is 2.24. The van der Waals surface area contributed by atoms with Gasteiger partial charge in [-0.05, 0) is 32.9 Å². The van der Waals surface area contributed by atoms with Gasteiger partial charge in [-0.15, -0.1) is 0 Å². The van der Waals surface area contributed by atoms with Gasteiger partial charge in [-0.25, -0.2) is 4.98 Å². The van der Waals surface area contributed by atoms with Crippen molar-refractivity contribution in [2.45, 2.75) is 26.8 Å². The van der Waals surface area contributed by atoms with E-state index in [4.69, 9.17) is 5.73 Å². The normalized spacial score (nSPS) is 10.9. The monoisotopic (exact) mass is 243 g/mol. The number of nitrogens with zero attached hydrogens (tertiary/aromatic N) is 1. The number of amides is 1. The van der Waals surface area contributed by atoms with Crippen LogP contribution in [0.5, 0.6) is 0 Å². The minimum Gasteiger partial charge on any atom is -0.398 e. The van der Waals surface area contributed by atoms with Crippen molar-refractivity contribution in [3.63, 3.8) is 0 Å². The van der Waals surface area contributed by atoms with Crippen LogP contribution in [0.4, 0.5) is 5.69 Å². The zero-order valence-electron chi connectivity index (χ0n) is 10.8. The van der Waals surface area contributed by atoms with Crippen LogP contribution >= 0.6 is 0 Å². The quantitative estimate of drug-likeness (QED) is 0.795. The summed E-state index contributed by atoms with van der Waals surface area (Å²) in [4.78, 5) is 16.4. The van der Waals surface area contributed by atoms with Crippen LogP contribution in [-0.2, 0) is 0 Å². The van der Waals surface area contributed by atoms with E-state index in [1.165, 1.54) is 0 Å². The van der Waals surface area contributed by atoms with E-state index in [9.17, 15) is 4.79 Å². The molecule has 0 spiro atoms. The molecule has 0 fully saturated rings. The average Bonchev–Trinajstić information content (AvgIpc) is 2.28. The van der Waals surface area contributed by atoms with Gasteiger partial charge in [0, 0.05) is 28.2 Å². The van der Waals surface area contributed by atoms with E-state index in [0.29, 0.717) is 11.4 Å². The van der Waals surface area contributed by atoms with E-state index in [1.807, 2.05) is 45.0 Å². The molecule has 0 radical (unpaired) electrons. The van der Waals surface area contributed by atoms with Gasteiger partial charge in [-0.3, -0.25) is 4.79 Å². The fourth-order valence-corrected chi connectivity index (χ4v) is 1.93. The standard InChI is InChI=1S/C14H17N3O/c1-8(2)16-14(18)13-10-5-4-6-12(15)11(10)7-9(3)17-13/h4-8H,15H2,1-3H3,(H,16,18). The van der Waals surface area contributed by atoms with Crippen LogP contribution in [0.3, 0.4) is 0 Å². The molecular formula is C14H17N3O. The van der Waals surface area contributed by atoms with Crippen LogP contribution in [-0.4, -0.2) is 16.9 Å². The number of rotatable bonds is 2. The second kappa shape index (κ2) is 4.64. The number of aromatic nitrogens is 1. The molecule has 18 heavy (non-hydrogen) atoms. The van der Waals surface area contributed by atoms with E-state index < -0.39 is 0 Å². The van der Waals surface area contributed by atoms with Crippen LogP contribution in [0.1, 0.15) is 30.0 Å². The number of nitrogens with one attached hydrogen (secondary N) is 1. The molecule has 1 amide bonds. The molecule has 2 aromatic rings. The number of aryl methyl sites for hydroxylation is 1. The van der Waals surface area contributed by atoms with E-state index >= 15 is 0 Å². The maximum Gasteiger partial charge on any atom is 0.270 e. The summed E-state index contributed by atoms with van der Waals surface area (Å²) < 4.78 is 0. The highest BCUT2D eigenvalue weighted by molar-refractivity contribution is 6.08. The summed E-state index contributed by atoms with van der Waals surface area (Å²) in [5.41, 5.74) is 7.82. The Balaban J connectivity index is 2.63. The maximum absolute atomic E-state index is 12.1. The van der Waals surface area contributed by atoms with Crippen molar-refractivity contribution in [3.8, 4) is 0 Å². The van der Waals surface area contributed by atoms with Crippen molar-refractivity contribution < 1.29 is 4.79 Å². The summed E-state index contributed by atoms with van der Waals surface area (Å²) >= 11 is 0. The minimum atomic E-state index is -0.163. The Hall–Kier alpha value is -2.10. The third-order valence-corrected chi connectivity index (χ3v) is 2.67. The van der Waals surface area contributed by atoms with Crippen molar-refractivity contribution >= 4 is 22.4 Å².